The number of hydrogen-bond donors (Lipinski definition) is 1. The van der Waals surface area contributed by atoms with Gasteiger partial charge in [0.15, 0.2) is 0 Å². The third kappa shape index (κ3) is 4.10. The minimum atomic E-state index is -3.83. The Hall–Kier alpha value is -1.45. The molecule has 23 heavy (non-hydrogen) atoms. The van der Waals surface area contributed by atoms with E-state index >= 15 is 0 Å². The minimum absolute atomic E-state index is 0.123. The Bertz CT molecular complexity index is 691. The quantitative estimate of drug-likeness (QED) is 0.858. The number of sulfonamides is 1. The van der Waals surface area contributed by atoms with Gasteiger partial charge in [-0.3, -0.25) is 4.79 Å². The Labute approximate surface area is 137 Å². The fraction of sp³-hybridized carbons (Fsp3) is 0.462. The zero-order valence-electron chi connectivity index (χ0n) is 11.9. The molecule has 0 aromatic heterocycles. The highest BCUT2D eigenvalue weighted by molar-refractivity contribution is 7.89. The predicted molar refractivity (Wildman–Crippen MR) is 78.8 cm³/mol. The summed E-state index contributed by atoms with van der Waals surface area (Å²) in [6, 6.07) is 3.30. The molecule has 10 heteroatoms. The second kappa shape index (κ2) is 6.98. The largest absolute Gasteiger partial charge is 0.433 e. The highest BCUT2D eigenvalue weighted by Gasteiger charge is 2.31. The van der Waals surface area contributed by atoms with Crippen LogP contribution in [0.3, 0.4) is 0 Å². The van der Waals surface area contributed by atoms with Gasteiger partial charge in [0.2, 0.25) is 15.9 Å². The van der Waals surface area contributed by atoms with Crippen LogP contribution in [0.5, 0.6) is 5.75 Å². The first kappa shape index (κ1) is 17.9. The number of nitrogens with zero attached hydrogens (tertiary/aromatic N) is 1. The maximum Gasteiger partial charge on any atom is 0.387 e. The van der Waals surface area contributed by atoms with Gasteiger partial charge in [-0.05, 0) is 31.0 Å². The molecular formula is C13H15ClF2N2O4S. The van der Waals surface area contributed by atoms with Gasteiger partial charge in [0.1, 0.15) is 5.75 Å². The number of piperidine rings is 1. The summed E-state index contributed by atoms with van der Waals surface area (Å²) in [4.78, 5) is 11.0. The normalized spacial score (nSPS) is 17.4. The van der Waals surface area contributed by atoms with Gasteiger partial charge in [-0.25, -0.2) is 8.42 Å². The molecule has 1 aliphatic heterocycles. The smallest absolute Gasteiger partial charge is 0.387 e. The van der Waals surface area contributed by atoms with E-state index in [1.54, 1.807) is 0 Å². The summed E-state index contributed by atoms with van der Waals surface area (Å²) in [6.45, 7) is -2.74. The molecule has 1 fully saturated rings. The number of hydrogen-bond acceptors (Lipinski definition) is 4. The molecule has 0 atom stereocenters. The second-order valence-corrected chi connectivity index (χ2v) is 7.40. The summed E-state index contributed by atoms with van der Waals surface area (Å²) in [5.41, 5.74) is 5.21. The van der Waals surface area contributed by atoms with E-state index in [4.69, 9.17) is 17.3 Å². The van der Waals surface area contributed by atoms with Crippen LogP contribution < -0.4 is 10.5 Å². The Balaban J connectivity index is 2.17. The fourth-order valence-electron chi connectivity index (χ4n) is 2.36. The lowest BCUT2D eigenvalue weighted by molar-refractivity contribution is -0.122. The van der Waals surface area contributed by atoms with Gasteiger partial charge in [-0.15, -0.1) is 0 Å². The molecular weight excluding hydrogens is 354 g/mol. The number of ether oxygens (including phenoxy) is 1. The molecule has 0 spiro atoms. The van der Waals surface area contributed by atoms with Crippen LogP contribution in [0, 0.1) is 5.92 Å². The summed E-state index contributed by atoms with van der Waals surface area (Å²) in [7, 11) is -3.83. The van der Waals surface area contributed by atoms with E-state index < -0.39 is 22.5 Å². The van der Waals surface area contributed by atoms with Crippen LogP contribution in [0.25, 0.3) is 0 Å². The average molecular weight is 369 g/mol. The summed E-state index contributed by atoms with van der Waals surface area (Å²) < 4.78 is 54.8. The first-order chi connectivity index (χ1) is 10.7. The topological polar surface area (TPSA) is 89.7 Å². The van der Waals surface area contributed by atoms with Gasteiger partial charge in [0, 0.05) is 19.0 Å². The number of halogens is 3. The lowest BCUT2D eigenvalue weighted by atomic mass is 9.98. The Morgan fingerprint density at radius 2 is 1.96 bits per heavy atom. The first-order valence-electron chi connectivity index (χ1n) is 6.75. The number of primary amides is 1. The van der Waals surface area contributed by atoms with Crippen molar-refractivity contribution in [1.82, 2.24) is 4.31 Å². The van der Waals surface area contributed by atoms with E-state index in [2.05, 4.69) is 4.74 Å². The van der Waals surface area contributed by atoms with E-state index in [0.29, 0.717) is 12.8 Å². The number of alkyl halides is 2. The van der Waals surface area contributed by atoms with Gasteiger partial charge in [-0.1, -0.05) is 11.6 Å². The van der Waals surface area contributed by atoms with Crippen molar-refractivity contribution in [3.05, 3.63) is 23.2 Å². The Morgan fingerprint density at radius 1 is 1.35 bits per heavy atom. The molecule has 1 amide bonds. The zero-order valence-corrected chi connectivity index (χ0v) is 13.5. The number of benzene rings is 1. The molecule has 0 unspecified atom stereocenters. The molecule has 128 valence electrons. The minimum Gasteiger partial charge on any atom is -0.433 e. The summed E-state index contributed by atoms with van der Waals surface area (Å²) in [6.07, 6.45) is 0.684. The third-order valence-corrected chi connectivity index (χ3v) is 5.80. The first-order valence-corrected chi connectivity index (χ1v) is 8.57. The third-order valence-electron chi connectivity index (χ3n) is 3.61. The molecule has 1 aliphatic rings. The van der Waals surface area contributed by atoms with Crippen LogP contribution in [0.1, 0.15) is 12.8 Å². The number of nitrogens with two attached hydrogens (primary N) is 1. The molecule has 0 bridgehead atoms. The number of carbonyl (C=O) groups is 1. The van der Waals surface area contributed by atoms with Crippen molar-refractivity contribution in [3.63, 3.8) is 0 Å². The monoisotopic (exact) mass is 368 g/mol. The van der Waals surface area contributed by atoms with Crippen LogP contribution in [0.2, 0.25) is 5.02 Å². The van der Waals surface area contributed by atoms with Crippen LogP contribution in [-0.2, 0) is 14.8 Å². The van der Waals surface area contributed by atoms with Gasteiger partial charge in [0.25, 0.3) is 0 Å². The number of carbonyl (C=O) groups excluding carboxylic acids is 1. The van der Waals surface area contributed by atoms with Crippen molar-refractivity contribution in [3.8, 4) is 5.75 Å². The van der Waals surface area contributed by atoms with Crippen molar-refractivity contribution < 1.29 is 26.7 Å². The van der Waals surface area contributed by atoms with Crippen molar-refractivity contribution >= 4 is 27.5 Å². The fourth-order valence-corrected chi connectivity index (χ4v) is 4.15. The number of amides is 1. The molecule has 1 aromatic carbocycles. The molecule has 1 aromatic rings. The number of rotatable bonds is 5. The van der Waals surface area contributed by atoms with Crippen molar-refractivity contribution in [2.45, 2.75) is 24.3 Å². The molecule has 2 N–H and O–H groups in total. The standard InChI is InChI=1S/C13H15ClF2N2O4S/c14-10-7-9(1-2-11(10)22-13(15)16)23(20,21)18-5-3-8(4-6-18)12(17)19/h1-2,7-8,13H,3-6H2,(H2,17,19). The van der Waals surface area contributed by atoms with Gasteiger partial charge >= 0.3 is 6.61 Å². The molecule has 2 rings (SSSR count). The van der Waals surface area contributed by atoms with E-state index in [1.165, 1.54) is 4.31 Å². The van der Waals surface area contributed by atoms with Crippen molar-refractivity contribution in [2.24, 2.45) is 11.7 Å². The Kier molecular flexibility index (Phi) is 5.43. The predicted octanol–water partition coefficient (Wildman–Crippen LogP) is 1.83. The van der Waals surface area contributed by atoms with Crippen LogP contribution in [0.4, 0.5) is 8.78 Å². The lowest BCUT2D eigenvalue weighted by Gasteiger charge is -2.29. The second-order valence-electron chi connectivity index (χ2n) is 5.05. The van der Waals surface area contributed by atoms with E-state index in [9.17, 15) is 22.0 Å². The molecule has 1 heterocycles. The molecule has 1 saturated heterocycles. The van der Waals surface area contributed by atoms with E-state index in [-0.39, 0.29) is 34.7 Å². The van der Waals surface area contributed by atoms with Gasteiger partial charge < -0.3 is 10.5 Å². The molecule has 0 radical (unpaired) electrons. The SMILES string of the molecule is NC(=O)C1CCN(S(=O)(=O)c2ccc(OC(F)F)c(Cl)c2)CC1. The zero-order chi connectivity index (χ0) is 17.2. The molecule has 0 aliphatic carbocycles. The highest BCUT2D eigenvalue weighted by atomic mass is 35.5. The van der Waals surface area contributed by atoms with Crippen LogP contribution in [0.15, 0.2) is 23.1 Å². The summed E-state index contributed by atoms with van der Waals surface area (Å²) >= 11 is 5.78. The highest BCUT2D eigenvalue weighted by Crippen LogP contribution is 2.31. The summed E-state index contributed by atoms with van der Waals surface area (Å²) in [5, 5.41) is -0.224. The molecule has 0 saturated carbocycles. The lowest BCUT2D eigenvalue weighted by Crippen LogP contribution is -2.41. The maximum atomic E-state index is 12.5. The van der Waals surface area contributed by atoms with Crippen molar-refractivity contribution in [2.75, 3.05) is 13.1 Å². The van der Waals surface area contributed by atoms with Gasteiger partial charge in [0.05, 0.1) is 9.92 Å². The van der Waals surface area contributed by atoms with E-state index in [0.717, 1.165) is 18.2 Å². The average Bonchev–Trinajstić information content (AvgIpc) is 2.49. The van der Waals surface area contributed by atoms with Gasteiger partial charge in [-0.2, -0.15) is 13.1 Å². The van der Waals surface area contributed by atoms with Crippen LogP contribution in [-0.4, -0.2) is 38.3 Å². The van der Waals surface area contributed by atoms with E-state index in [1.807, 2.05) is 0 Å². The van der Waals surface area contributed by atoms with Crippen molar-refractivity contribution in [1.29, 1.82) is 0 Å². The maximum absolute atomic E-state index is 12.5. The summed E-state index contributed by atoms with van der Waals surface area (Å²) in [5.74, 6) is -1.08. The van der Waals surface area contributed by atoms with Crippen LogP contribution >= 0.6 is 11.6 Å². The Morgan fingerprint density at radius 3 is 2.43 bits per heavy atom. The molecule has 6 nitrogen and oxygen atoms in total.